The monoisotopic (exact) mass is 238 g/mol. The standard InChI is InChI=1S/C12H22N4O/c1-5-12(2,9-13)11(17)15(3)7-10-6-14-16(4)8-10/h6,8H,5,7,9,13H2,1-4H3. The van der Waals surface area contributed by atoms with E-state index in [2.05, 4.69) is 5.10 Å². The van der Waals surface area contributed by atoms with Crippen LogP contribution in [0.25, 0.3) is 0 Å². The normalized spacial score (nSPS) is 14.4. The minimum absolute atomic E-state index is 0.0892. The highest BCUT2D eigenvalue weighted by atomic mass is 16.2. The molecule has 0 aromatic carbocycles. The third kappa shape index (κ3) is 3.06. The summed E-state index contributed by atoms with van der Waals surface area (Å²) in [6.45, 7) is 4.85. The fourth-order valence-electron chi connectivity index (χ4n) is 1.74. The molecule has 0 bridgehead atoms. The largest absolute Gasteiger partial charge is 0.341 e. The molecule has 1 aromatic heterocycles. The van der Waals surface area contributed by atoms with E-state index in [9.17, 15) is 4.79 Å². The molecule has 96 valence electrons. The summed E-state index contributed by atoms with van der Waals surface area (Å²) in [4.78, 5) is 14.0. The topological polar surface area (TPSA) is 64.2 Å². The number of nitrogens with two attached hydrogens (primary N) is 1. The summed E-state index contributed by atoms with van der Waals surface area (Å²) in [6.07, 6.45) is 4.44. The van der Waals surface area contributed by atoms with Crippen LogP contribution in [0.1, 0.15) is 25.8 Å². The van der Waals surface area contributed by atoms with E-state index in [0.29, 0.717) is 13.1 Å². The predicted molar refractivity (Wildman–Crippen MR) is 67.1 cm³/mol. The zero-order chi connectivity index (χ0) is 13.1. The molecule has 0 aliphatic carbocycles. The SMILES string of the molecule is CCC(C)(CN)C(=O)N(C)Cc1cnn(C)c1. The van der Waals surface area contributed by atoms with Crippen molar-refractivity contribution < 1.29 is 4.79 Å². The van der Waals surface area contributed by atoms with E-state index < -0.39 is 5.41 Å². The van der Waals surface area contributed by atoms with Crippen molar-refractivity contribution in [2.75, 3.05) is 13.6 Å². The Morgan fingerprint density at radius 3 is 2.71 bits per heavy atom. The second-order valence-corrected chi connectivity index (χ2v) is 4.80. The van der Waals surface area contributed by atoms with Gasteiger partial charge in [-0.1, -0.05) is 6.92 Å². The van der Waals surface area contributed by atoms with Crippen LogP contribution < -0.4 is 5.73 Å². The molecule has 1 atom stereocenters. The Kier molecular flexibility index (Phi) is 4.28. The van der Waals surface area contributed by atoms with Crippen LogP contribution in [0.4, 0.5) is 0 Å². The van der Waals surface area contributed by atoms with E-state index in [1.54, 1.807) is 22.8 Å². The molecule has 17 heavy (non-hydrogen) atoms. The first-order valence-electron chi connectivity index (χ1n) is 5.86. The smallest absolute Gasteiger partial charge is 0.229 e. The van der Waals surface area contributed by atoms with Crippen LogP contribution in [0.5, 0.6) is 0 Å². The van der Waals surface area contributed by atoms with Crippen LogP contribution in [0.15, 0.2) is 12.4 Å². The molecule has 0 radical (unpaired) electrons. The molecule has 5 heteroatoms. The van der Waals surface area contributed by atoms with Crippen LogP contribution in [0, 0.1) is 5.41 Å². The maximum absolute atomic E-state index is 12.3. The molecule has 1 aromatic rings. The average Bonchev–Trinajstić information content (AvgIpc) is 2.72. The van der Waals surface area contributed by atoms with Gasteiger partial charge in [-0.15, -0.1) is 0 Å². The van der Waals surface area contributed by atoms with Gasteiger partial charge in [0.2, 0.25) is 5.91 Å². The van der Waals surface area contributed by atoms with Gasteiger partial charge in [0.05, 0.1) is 11.6 Å². The van der Waals surface area contributed by atoms with Gasteiger partial charge in [0.1, 0.15) is 0 Å². The molecular weight excluding hydrogens is 216 g/mol. The zero-order valence-electron chi connectivity index (χ0n) is 11.1. The van der Waals surface area contributed by atoms with Crippen LogP contribution in [0.3, 0.4) is 0 Å². The highest BCUT2D eigenvalue weighted by Crippen LogP contribution is 2.22. The van der Waals surface area contributed by atoms with E-state index >= 15 is 0 Å². The summed E-state index contributed by atoms with van der Waals surface area (Å²) in [5.41, 5.74) is 6.26. The predicted octanol–water partition coefficient (Wildman–Crippen LogP) is 0.754. The molecule has 0 aliphatic rings. The van der Waals surface area contributed by atoms with Crippen LogP contribution in [-0.4, -0.2) is 34.2 Å². The molecule has 1 unspecified atom stereocenters. The van der Waals surface area contributed by atoms with Crippen molar-refractivity contribution in [1.82, 2.24) is 14.7 Å². The lowest BCUT2D eigenvalue weighted by molar-refractivity contribution is -0.140. The fraction of sp³-hybridized carbons (Fsp3) is 0.667. The Bertz CT molecular complexity index is 382. The van der Waals surface area contributed by atoms with Gasteiger partial charge in [0.15, 0.2) is 0 Å². The first-order chi connectivity index (χ1) is 7.92. The zero-order valence-corrected chi connectivity index (χ0v) is 11.1. The third-order valence-electron chi connectivity index (χ3n) is 3.27. The Hall–Kier alpha value is -1.36. The summed E-state index contributed by atoms with van der Waals surface area (Å²) in [6, 6.07) is 0. The molecule has 2 N–H and O–H groups in total. The number of hydrogen-bond donors (Lipinski definition) is 1. The first kappa shape index (κ1) is 13.7. The van der Waals surface area contributed by atoms with E-state index in [1.807, 2.05) is 27.1 Å². The van der Waals surface area contributed by atoms with Gasteiger partial charge in [-0.05, 0) is 13.3 Å². The Morgan fingerprint density at radius 1 is 1.65 bits per heavy atom. The van der Waals surface area contributed by atoms with Crippen molar-refractivity contribution in [2.45, 2.75) is 26.8 Å². The molecule has 0 fully saturated rings. The molecule has 1 amide bonds. The van der Waals surface area contributed by atoms with Gasteiger partial charge in [-0.3, -0.25) is 9.48 Å². The minimum atomic E-state index is -0.461. The van der Waals surface area contributed by atoms with Gasteiger partial charge in [0, 0.05) is 38.9 Å². The summed E-state index contributed by atoms with van der Waals surface area (Å²) in [5, 5.41) is 4.09. The number of hydrogen-bond acceptors (Lipinski definition) is 3. The Labute approximate surface area is 103 Å². The minimum Gasteiger partial charge on any atom is -0.341 e. The Morgan fingerprint density at radius 2 is 2.29 bits per heavy atom. The lowest BCUT2D eigenvalue weighted by atomic mass is 9.86. The number of aryl methyl sites for hydroxylation is 1. The molecule has 0 spiro atoms. The number of carbonyl (C=O) groups is 1. The van der Waals surface area contributed by atoms with E-state index in [1.165, 1.54) is 0 Å². The van der Waals surface area contributed by atoms with Gasteiger partial charge >= 0.3 is 0 Å². The number of aromatic nitrogens is 2. The summed E-state index contributed by atoms with van der Waals surface area (Å²) in [5.74, 6) is 0.0892. The van der Waals surface area contributed by atoms with Gasteiger partial charge in [0.25, 0.3) is 0 Å². The quantitative estimate of drug-likeness (QED) is 0.823. The highest BCUT2D eigenvalue weighted by Gasteiger charge is 2.32. The molecule has 0 saturated heterocycles. The summed E-state index contributed by atoms with van der Waals surface area (Å²) < 4.78 is 1.73. The third-order valence-corrected chi connectivity index (χ3v) is 3.27. The number of amides is 1. The molecule has 0 aliphatic heterocycles. The fourth-order valence-corrected chi connectivity index (χ4v) is 1.74. The average molecular weight is 238 g/mol. The molecule has 1 heterocycles. The van der Waals surface area contributed by atoms with E-state index in [0.717, 1.165) is 12.0 Å². The molecule has 0 saturated carbocycles. The van der Waals surface area contributed by atoms with Crippen LogP contribution >= 0.6 is 0 Å². The second kappa shape index (κ2) is 5.31. The number of rotatable bonds is 5. The number of nitrogens with zero attached hydrogens (tertiary/aromatic N) is 3. The van der Waals surface area contributed by atoms with Crippen LogP contribution in [-0.2, 0) is 18.4 Å². The van der Waals surface area contributed by atoms with E-state index in [-0.39, 0.29) is 5.91 Å². The van der Waals surface area contributed by atoms with Crippen molar-refractivity contribution in [2.24, 2.45) is 18.2 Å². The van der Waals surface area contributed by atoms with Crippen molar-refractivity contribution >= 4 is 5.91 Å². The Balaban J connectivity index is 2.70. The van der Waals surface area contributed by atoms with Crippen molar-refractivity contribution in [3.8, 4) is 0 Å². The number of carbonyl (C=O) groups excluding carboxylic acids is 1. The lowest BCUT2D eigenvalue weighted by Gasteiger charge is -2.30. The molecular formula is C12H22N4O. The van der Waals surface area contributed by atoms with Gasteiger partial charge < -0.3 is 10.6 Å². The second-order valence-electron chi connectivity index (χ2n) is 4.80. The maximum atomic E-state index is 12.3. The van der Waals surface area contributed by atoms with Crippen molar-refractivity contribution in [3.05, 3.63) is 18.0 Å². The highest BCUT2D eigenvalue weighted by molar-refractivity contribution is 5.82. The molecule has 5 nitrogen and oxygen atoms in total. The van der Waals surface area contributed by atoms with Gasteiger partial charge in [-0.25, -0.2) is 0 Å². The van der Waals surface area contributed by atoms with Crippen molar-refractivity contribution in [3.63, 3.8) is 0 Å². The lowest BCUT2D eigenvalue weighted by Crippen LogP contribution is -2.44. The summed E-state index contributed by atoms with van der Waals surface area (Å²) >= 11 is 0. The van der Waals surface area contributed by atoms with E-state index in [4.69, 9.17) is 5.73 Å². The molecule has 1 rings (SSSR count). The van der Waals surface area contributed by atoms with Crippen molar-refractivity contribution in [1.29, 1.82) is 0 Å². The van der Waals surface area contributed by atoms with Crippen LogP contribution in [0.2, 0.25) is 0 Å². The van der Waals surface area contributed by atoms with Gasteiger partial charge in [-0.2, -0.15) is 5.10 Å². The first-order valence-corrected chi connectivity index (χ1v) is 5.86. The maximum Gasteiger partial charge on any atom is 0.229 e. The summed E-state index contributed by atoms with van der Waals surface area (Å²) in [7, 11) is 3.67.